The second-order valence-corrected chi connectivity index (χ2v) is 6.41. The molecule has 1 aromatic carbocycles. The number of aromatic nitrogens is 4. The number of nitrogens with zero attached hydrogens (tertiary/aromatic N) is 4. The lowest BCUT2D eigenvalue weighted by Crippen LogP contribution is -2.26. The highest BCUT2D eigenvalue weighted by molar-refractivity contribution is 5.95. The molecule has 9 nitrogen and oxygen atoms in total. The number of H-pyrrole nitrogens is 1. The van der Waals surface area contributed by atoms with Crippen molar-refractivity contribution in [2.45, 2.75) is 13.5 Å². The van der Waals surface area contributed by atoms with Crippen LogP contribution in [0.5, 0.6) is 0 Å². The number of aryl methyl sites for hydroxylation is 1. The summed E-state index contributed by atoms with van der Waals surface area (Å²) in [6.45, 7) is 2.71. The van der Waals surface area contributed by atoms with Crippen LogP contribution in [-0.4, -0.2) is 56.3 Å². The predicted octanol–water partition coefficient (Wildman–Crippen LogP) is 1.43. The quantitative estimate of drug-likeness (QED) is 0.486. The molecule has 28 heavy (non-hydrogen) atoms. The molecule has 0 aliphatic rings. The van der Waals surface area contributed by atoms with Gasteiger partial charge in [0.25, 0.3) is 5.91 Å². The van der Waals surface area contributed by atoms with E-state index in [1.165, 1.54) is 0 Å². The predicted molar refractivity (Wildman–Crippen MR) is 107 cm³/mol. The second-order valence-electron chi connectivity index (χ2n) is 6.41. The number of amides is 1. The van der Waals surface area contributed by atoms with E-state index in [1.54, 1.807) is 42.4 Å². The summed E-state index contributed by atoms with van der Waals surface area (Å²) in [5.41, 5.74) is 9.59. The maximum Gasteiger partial charge on any atom is 0.253 e. The van der Waals surface area contributed by atoms with Crippen molar-refractivity contribution in [2.75, 3.05) is 31.2 Å². The molecule has 146 valence electrons. The fourth-order valence-corrected chi connectivity index (χ4v) is 2.78. The first-order chi connectivity index (χ1) is 13.5. The Balaban J connectivity index is 1.83. The van der Waals surface area contributed by atoms with Gasteiger partial charge in [-0.25, -0.2) is 4.98 Å². The lowest BCUT2D eigenvalue weighted by atomic mass is 10.1. The average Bonchev–Trinajstić information content (AvgIpc) is 3.10. The second kappa shape index (κ2) is 8.49. The molecule has 0 radical (unpaired) electrons. The van der Waals surface area contributed by atoms with Gasteiger partial charge in [0, 0.05) is 48.6 Å². The Bertz CT molecular complexity index is 970. The van der Waals surface area contributed by atoms with Crippen molar-refractivity contribution < 1.29 is 9.90 Å². The summed E-state index contributed by atoms with van der Waals surface area (Å²) in [6.07, 6.45) is 1.72. The van der Waals surface area contributed by atoms with Crippen LogP contribution in [0.25, 0.3) is 11.3 Å². The van der Waals surface area contributed by atoms with Crippen molar-refractivity contribution in [1.82, 2.24) is 25.1 Å². The van der Waals surface area contributed by atoms with E-state index in [9.17, 15) is 4.79 Å². The maximum absolute atomic E-state index is 12.8. The van der Waals surface area contributed by atoms with Crippen molar-refractivity contribution in [3.05, 3.63) is 53.3 Å². The third-order valence-corrected chi connectivity index (χ3v) is 4.26. The Morgan fingerprint density at radius 3 is 2.86 bits per heavy atom. The minimum absolute atomic E-state index is 0.0221. The van der Waals surface area contributed by atoms with Crippen molar-refractivity contribution in [2.24, 2.45) is 0 Å². The fourth-order valence-electron chi connectivity index (χ4n) is 2.78. The van der Waals surface area contributed by atoms with Crippen LogP contribution in [0.15, 0.2) is 36.5 Å². The number of anilines is 2. The number of hydrogen-bond donors (Lipinski definition) is 4. The standard InChI is InChI=1S/C19H23N7O2/c1-12-15(10-22-25-12)11-26(2)18(28)14-5-3-4-13(8-14)16-9-17(21-6-7-27)24-19(20)23-16/h3-5,8-10,27H,6-7,11H2,1-2H3,(H,22,25)(H3,20,21,23,24). The van der Waals surface area contributed by atoms with E-state index in [4.69, 9.17) is 10.8 Å². The minimum atomic E-state index is -0.108. The van der Waals surface area contributed by atoms with Gasteiger partial charge >= 0.3 is 0 Å². The van der Waals surface area contributed by atoms with Crippen molar-refractivity contribution in [1.29, 1.82) is 0 Å². The summed E-state index contributed by atoms with van der Waals surface area (Å²) < 4.78 is 0. The fraction of sp³-hybridized carbons (Fsp3) is 0.263. The molecule has 1 amide bonds. The number of benzene rings is 1. The molecule has 0 aliphatic carbocycles. The largest absolute Gasteiger partial charge is 0.395 e. The number of hydrogen-bond acceptors (Lipinski definition) is 7. The topological polar surface area (TPSA) is 133 Å². The van der Waals surface area contributed by atoms with Gasteiger partial charge < -0.3 is 21.1 Å². The minimum Gasteiger partial charge on any atom is -0.395 e. The van der Waals surface area contributed by atoms with Crippen LogP contribution in [0.1, 0.15) is 21.6 Å². The molecule has 0 fully saturated rings. The van der Waals surface area contributed by atoms with Gasteiger partial charge in [-0.05, 0) is 19.1 Å². The van der Waals surface area contributed by atoms with Gasteiger partial charge in [0.2, 0.25) is 5.95 Å². The summed E-state index contributed by atoms with van der Waals surface area (Å²) in [5, 5.41) is 18.8. The molecule has 0 saturated heterocycles. The molecule has 0 unspecified atom stereocenters. The summed E-state index contributed by atoms with van der Waals surface area (Å²) >= 11 is 0. The Kier molecular flexibility index (Phi) is 5.85. The first-order valence-electron chi connectivity index (χ1n) is 8.82. The molecule has 0 spiro atoms. The smallest absolute Gasteiger partial charge is 0.253 e. The van der Waals surface area contributed by atoms with Crippen molar-refractivity contribution in [3.8, 4) is 11.3 Å². The Morgan fingerprint density at radius 1 is 1.32 bits per heavy atom. The zero-order valence-electron chi connectivity index (χ0n) is 15.8. The number of aromatic amines is 1. The maximum atomic E-state index is 12.8. The van der Waals surface area contributed by atoms with Gasteiger partial charge in [0.1, 0.15) is 5.82 Å². The number of aliphatic hydroxyl groups is 1. The lowest BCUT2D eigenvalue weighted by Gasteiger charge is -2.17. The summed E-state index contributed by atoms with van der Waals surface area (Å²) in [4.78, 5) is 22.8. The van der Waals surface area contributed by atoms with E-state index in [0.29, 0.717) is 30.2 Å². The monoisotopic (exact) mass is 381 g/mol. The number of carbonyl (C=O) groups is 1. The summed E-state index contributed by atoms with van der Waals surface area (Å²) in [6, 6.07) is 8.93. The highest BCUT2D eigenvalue weighted by Crippen LogP contribution is 2.22. The highest BCUT2D eigenvalue weighted by Gasteiger charge is 2.15. The van der Waals surface area contributed by atoms with Gasteiger partial charge in [-0.1, -0.05) is 12.1 Å². The van der Waals surface area contributed by atoms with Crippen molar-refractivity contribution in [3.63, 3.8) is 0 Å². The number of rotatable bonds is 7. The number of aliphatic hydroxyl groups excluding tert-OH is 1. The third kappa shape index (κ3) is 4.44. The first kappa shape index (κ1) is 19.3. The van der Waals surface area contributed by atoms with Crippen LogP contribution in [0.2, 0.25) is 0 Å². The molecular formula is C19H23N7O2. The average molecular weight is 381 g/mol. The van der Waals surface area contributed by atoms with E-state index in [1.807, 2.05) is 13.0 Å². The molecule has 0 atom stereocenters. The van der Waals surface area contributed by atoms with E-state index in [2.05, 4.69) is 25.5 Å². The molecule has 0 bridgehead atoms. The van der Waals surface area contributed by atoms with Gasteiger partial charge in [0.05, 0.1) is 18.5 Å². The molecule has 2 aromatic heterocycles. The van der Waals surface area contributed by atoms with Crippen LogP contribution in [0.4, 0.5) is 11.8 Å². The molecular weight excluding hydrogens is 358 g/mol. The van der Waals surface area contributed by atoms with Crippen molar-refractivity contribution >= 4 is 17.7 Å². The van der Waals surface area contributed by atoms with E-state index in [-0.39, 0.29) is 18.5 Å². The molecule has 5 N–H and O–H groups in total. The number of carbonyl (C=O) groups excluding carboxylic acids is 1. The third-order valence-electron chi connectivity index (χ3n) is 4.26. The SMILES string of the molecule is Cc1[nH]ncc1CN(C)C(=O)c1cccc(-c2cc(NCCO)nc(N)n2)c1. The molecule has 3 aromatic rings. The highest BCUT2D eigenvalue weighted by atomic mass is 16.3. The number of nitrogen functional groups attached to an aromatic ring is 1. The van der Waals surface area contributed by atoms with E-state index >= 15 is 0 Å². The van der Waals surface area contributed by atoms with Gasteiger partial charge in [0.15, 0.2) is 0 Å². The van der Waals surface area contributed by atoms with Crippen LogP contribution in [-0.2, 0) is 6.54 Å². The van der Waals surface area contributed by atoms with Gasteiger partial charge in [-0.3, -0.25) is 9.89 Å². The number of nitrogens with two attached hydrogens (primary N) is 1. The summed E-state index contributed by atoms with van der Waals surface area (Å²) in [7, 11) is 1.75. The summed E-state index contributed by atoms with van der Waals surface area (Å²) in [5.74, 6) is 0.520. The van der Waals surface area contributed by atoms with E-state index in [0.717, 1.165) is 16.8 Å². The van der Waals surface area contributed by atoms with Gasteiger partial charge in [-0.15, -0.1) is 0 Å². The van der Waals surface area contributed by atoms with Crippen LogP contribution >= 0.6 is 0 Å². The molecule has 3 rings (SSSR count). The number of nitrogens with one attached hydrogen (secondary N) is 2. The molecule has 9 heteroatoms. The zero-order valence-corrected chi connectivity index (χ0v) is 15.8. The van der Waals surface area contributed by atoms with Crippen LogP contribution in [0, 0.1) is 6.92 Å². The molecule has 0 aliphatic heterocycles. The first-order valence-corrected chi connectivity index (χ1v) is 8.82. The Hall–Kier alpha value is -3.46. The van der Waals surface area contributed by atoms with E-state index < -0.39 is 0 Å². The Morgan fingerprint density at radius 2 is 2.14 bits per heavy atom. The Labute approximate surface area is 162 Å². The lowest BCUT2D eigenvalue weighted by molar-refractivity contribution is 0.0785. The zero-order chi connectivity index (χ0) is 20.1. The molecule has 2 heterocycles. The molecule has 0 saturated carbocycles. The van der Waals surface area contributed by atoms with Gasteiger partial charge in [-0.2, -0.15) is 10.1 Å². The van der Waals surface area contributed by atoms with Crippen LogP contribution in [0.3, 0.4) is 0 Å². The van der Waals surface area contributed by atoms with Crippen LogP contribution < -0.4 is 11.1 Å². The normalized spacial score (nSPS) is 10.7.